The van der Waals surface area contributed by atoms with Gasteiger partial charge in [-0.2, -0.15) is 0 Å². The molecule has 1 unspecified atom stereocenters. The summed E-state index contributed by atoms with van der Waals surface area (Å²) in [5.41, 5.74) is 2.89. The highest BCUT2D eigenvalue weighted by Gasteiger charge is 2.29. The molecule has 1 aliphatic heterocycles. The van der Waals surface area contributed by atoms with E-state index >= 15 is 0 Å². The average molecular weight is 322 g/mol. The van der Waals surface area contributed by atoms with Crippen molar-refractivity contribution in [2.24, 2.45) is 0 Å². The Labute approximate surface area is 142 Å². The maximum absolute atomic E-state index is 12.5. The summed E-state index contributed by atoms with van der Waals surface area (Å²) in [7, 11) is 0. The monoisotopic (exact) mass is 322 g/mol. The second kappa shape index (κ2) is 6.23. The van der Waals surface area contributed by atoms with Gasteiger partial charge in [-0.25, -0.2) is 9.97 Å². The lowest BCUT2D eigenvalue weighted by atomic mass is 10.1. The van der Waals surface area contributed by atoms with Crippen molar-refractivity contribution in [1.82, 2.24) is 15.3 Å². The van der Waals surface area contributed by atoms with Crippen LogP contribution in [0.15, 0.2) is 36.5 Å². The summed E-state index contributed by atoms with van der Waals surface area (Å²) >= 11 is 0. The van der Waals surface area contributed by atoms with Gasteiger partial charge in [0.05, 0.1) is 0 Å². The molecule has 24 heavy (non-hydrogen) atoms. The van der Waals surface area contributed by atoms with Crippen LogP contribution >= 0.6 is 0 Å². The van der Waals surface area contributed by atoms with Gasteiger partial charge in [-0.1, -0.05) is 31.0 Å². The van der Waals surface area contributed by atoms with Crippen LogP contribution in [0.3, 0.4) is 0 Å². The average Bonchev–Trinajstić information content (AvgIpc) is 3.21. The molecule has 1 aliphatic carbocycles. The Hall–Kier alpha value is -2.43. The van der Waals surface area contributed by atoms with Gasteiger partial charge in [0.2, 0.25) is 5.95 Å². The highest BCUT2D eigenvalue weighted by Crippen LogP contribution is 2.36. The van der Waals surface area contributed by atoms with Crippen molar-refractivity contribution >= 4 is 17.5 Å². The zero-order valence-electron chi connectivity index (χ0n) is 13.9. The quantitative estimate of drug-likeness (QED) is 0.942. The van der Waals surface area contributed by atoms with Crippen LogP contribution in [0.25, 0.3) is 0 Å². The smallest absolute Gasteiger partial charge is 0.270 e. The predicted octanol–water partition coefficient (Wildman–Crippen LogP) is 3.23. The Balaban J connectivity index is 1.59. The number of hydrogen-bond donors (Lipinski definition) is 1. The highest BCUT2D eigenvalue weighted by atomic mass is 16.1. The van der Waals surface area contributed by atoms with E-state index in [4.69, 9.17) is 0 Å². The summed E-state index contributed by atoms with van der Waals surface area (Å²) in [6.45, 7) is 2.16. The number of nitrogens with one attached hydrogen (secondary N) is 1. The molecule has 1 amide bonds. The first-order valence-electron chi connectivity index (χ1n) is 8.73. The molecule has 4 rings (SSSR count). The van der Waals surface area contributed by atoms with Crippen molar-refractivity contribution in [3.63, 3.8) is 0 Å². The van der Waals surface area contributed by atoms with Crippen LogP contribution in [-0.2, 0) is 6.42 Å². The third kappa shape index (κ3) is 2.75. The molecule has 2 heterocycles. The van der Waals surface area contributed by atoms with Crippen LogP contribution in [0, 0.1) is 0 Å². The molecule has 1 saturated carbocycles. The van der Waals surface area contributed by atoms with Crippen molar-refractivity contribution in [3.8, 4) is 0 Å². The van der Waals surface area contributed by atoms with Crippen molar-refractivity contribution in [2.45, 2.75) is 51.1 Å². The standard InChI is InChI=1S/C19H22N4O/c1-13-12-14-6-2-5-9-17(14)23(13)19-20-11-10-16(22-19)18(24)21-15-7-3-4-8-15/h2,5-6,9-11,13,15H,3-4,7-8,12H2,1H3,(H,21,24). The number of carbonyl (C=O) groups excluding carboxylic acids is 1. The predicted molar refractivity (Wildman–Crippen MR) is 93.5 cm³/mol. The molecular formula is C19H22N4O. The number of amides is 1. The van der Waals surface area contributed by atoms with E-state index in [-0.39, 0.29) is 11.9 Å². The van der Waals surface area contributed by atoms with Crippen LogP contribution in [0.2, 0.25) is 0 Å². The van der Waals surface area contributed by atoms with Gasteiger partial charge >= 0.3 is 0 Å². The van der Waals surface area contributed by atoms with Gasteiger partial charge in [-0.15, -0.1) is 0 Å². The van der Waals surface area contributed by atoms with Crippen molar-refractivity contribution < 1.29 is 4.79 Å². The number of para-hydroxylation sites is 1. The molecule has 0 spiro atoms. The lowest BCUT2D eigenvalue weighted by Crippen LogP contribution is -2.34. The molecular weight excluding hydrogens is 300 g/mol. The molecule has 124 valence electrons. The van der Waals surface area contributed by atoms with Gasteiger partial charge in [0.25, 0.3) is 5.91 Å². The van der Waals surface area contributed by atoms with Gasteiger partial charge in [0, 0.05) is 24.0 Å². The van der Waals surface area contributed by atoms with Crippen molar-refractivity contribution in [1.29, 1.82) is 0 Å². The molecule has 0 bridgehead atoms. The Bertz CT molecular complexity index is 755. The zero-order chi connectivity index (χ0) is 16.5. The van der Waals surface area contributed by atoms with E-state index in [0.717, 1.165) is 24.9 Å². The minimum atomic E-state index is -0.0920. The largest absolute Gasteiger partial charge is 0.348 e. The summed E-state index contributed by atoms with van der Waals surface area (Å²) in [5, 5.41) is 3.10. The Morgan fingerprint density at radius 1 is 1.21 bits per heavy atom. The first kappa shape index (κ1) is 15.1. The van der Waals surface area contributed by atoms with Crippen LogP contribution in [0.1, 0.15) is 48.7 Å². The van der Waals surface area contributed by atoms with Crippen LogP contribution < -0.4 is 10.2 Å². The molecule has 1 aromatic carbocycles. The number of rotatable bonds is 3. The number of aromatic nitrogens is 2. The van der Waals surface area contributed by atoms with E-state index in [1.807, 2.05) is 6.07 Å². The van der Waals surface area contributed by atoms with Gasteiger partial charge in [0.1, 0.15) is 5.69 Å². The maximum Gasteiger partial charge on any atom is 0.270 e. The molecule has 2 aliphatic rings. The highest BCUT2D eigenvalue weighted by molar-refractivity contribution is 5.92. The fourth-order valence-electron chi connectivity index (χ4n) is 3.79. The molecule has 1 N–H and O–H groups in total. The van der Waals surface area contributed by atoms with E-state index in [1.54, 1.807) is 12.3 Å². The number of fused-ring (bicyclic) bond motifs is 1. The molecule has 1 aromatic heterocycles. The number of anilines is 2. The number of benzene rings is 1. The summed E-state index contributed by atoms with van der Waals surface area (Å²) in [6, 6.07) is 10.6. The Morgan fingerprint density at radius 3 is 2.83 bits per heavy atom. The SMILES string of the molecule is CC1Cc2ccccc2N1c1nccc(C(=O)NC2CCCC2)n1. The van der Waals surface area contributed by atoms with Crippen LogP contribution in [0.4, 0.5) is 11.6 Å². The molecule has 0 radical (unpaired) electrons. The number of hydrogen-bond acceptors (Lipinski definition) is 4. The van der Waals surface area contributed by atoms with Crippen LogP contribution in [-0.4, -0.2) is 28.0 Å². The molecule has 5 heteroatoms. The van der Waals surface area contributed by atoms with Gasteiger partial charge in [-0.3, -0.25) is 4.79 Å². The van der Waals surface area contributed by atoms with E-state index in [9.17, 15) is 4.79 Å². The first-order chi connectivity index (χ1) is 11.7. The van der Waals surface area contributed by atoms with E-state index < -0.39 is 0 Å². The minimum absolute atomic E-state index is 0.0920. The molecule has 2 aromatic rings. The van der Waals surface area contributed by atoms with E-state index in [0.29, 0.717) is 17.7 Å². The van der Waals surface area contributed by atoms with Crippen LogP contribution in [0.5, 0.6) is 0 Å². The summed E-state index contributed by atoms with van der Waals surface area (Å²) in [6.07, 6.45) is 7.18. The number of nitrogens with zero attached hydrogens (tertiary/aromatic N) is 3. The summed E-state index contributed by atoms with van der Waals surface area (Å²) in [4.78, 5) is 23.6. The molecule has 0 saturated heterocycles. The maximum atomic E-state index is 12.5. The van der Waals surface area contributed by atoms with E-state index in [2.05, 4.69) is 45.3 Å². The fraction of sp³-hybridized carbons (Fsp3) is 0.421. The molecule has 5 nitrogen and oxygen atoms in total. The lowest BCUT2D eigenvalue weighted by molar-refractivity contribution is 0.0932. The Morgan fingerprint density at radius 2 is 2.00 bits per heavy atom. The second-order valence-corrected chi connectivity index (χ2v) is 6.75. The topological polar surface area (TPSA) is 58.1 Å². The van der Waals surface area contributed by atoms with Gasteiger partial charge in [-0.05, 0) is 43.9 Å². The molecule has 1 atom stereocenters. The zero-order valence-corrected chi connectivity index (χ0v) is 13.9. The normalized spacial score (nSPS) is 20.2. The second-order valence-electron chi connectivity index (χ2n) is 6.75. The third-order valence-corrected chi connectivity index (χ3v) is 4.99. The minimum Gasteiger partial charge on any atom is -0.348 e. The lowest BCUT2D eigenvalue weighted by Gasteiger charge is -2.23. The van der Waals surface area contributed by atoms with Crippen molar-refractivity contribution in [3.05, 3.63) is 47.8 Å². The summed E-state index contributed by atoms with van der Waals surface area (Å²) < 4.78 is 0. The van der Waals surface area contributed by atoms with E-state index in [1.165, 1.54) is 18.4 Å². The number of carbonyl (C=O) groups is 1. The Kier molecular flexibility index (Phi) is 3.92. The van der Waals surface area contributed by atoms with Gasteiger partial charge in [0.15, 0.2) is 0 Å². The van der Waals surface area contributed by atoms with Gasteiger partial charge < -0.3 is 10.2 Å². The first-order valence-corrected chi connectivity index (χ1v) is 8.73. The van der Waals surface area contributed by atoms with Crippen molar-refractivity contribution in [2.75, 3.05) is 4.90 Å². The fourth-order valence-corrected chi connectivity index (χ4v) is 3.79. The third-order valence-electron chi connectivity index (χ3n) is 4.99. The molecule has 1 fully saturated rings. The summed E-state index contributed by atoms with van der Waals surface area (Å²) in [5.74, 6) is 0.511.